The Bertz CT molecular complexity index is 1070. The second-order valence-corrected chi connectivity index (χ2v) is 7.69. The SMILES string of the molecule is COc1cc(-c2ccccc2-c2ccccc2S(N)(=O)=O)cc(OC)c1Cl. The van der Waals surface area contributed by atoms with Crippen molar-refractivity contribution < 1.29 is 17.9 Å². The van der Waals surface area contributed by atoms with Gasteiger partial charge in [0.25, 0.3) is 0 Å². The summed E-state index contributed by atoms with van der Waals surface area (Å²) >= 11 is 6.26. The van der Waals surface area contributed by atoms with Crippen LogP contribution in [0.25, 0.3) is 22.3 Å². The van der Waals surface area contributed by atoms with E-state index < -0.39 is 10.0 Å². The van der Waals surface area contributed by atoms with E-state index >= 15 is 0 Å². The van der Waals surface area contributed by atoms with Gasteiger partial charge in [0.05, 0.1) is 19.1 Å². The fourth-order valence-corrected chi connectivity index (χ4v) is 3.95. The quantitative estimate of drug-likeness (QED) is 0.687. The molecule has 7 heteroatoms. The summed E-state index contributed by atoms with van der Waals surface area (Å²) in [6.45, 7) is 0. The standard InChI is InChI=1S/C20H18ClNO4S/c1-25-17-11-13(12-18(26-2)20(17)21)14-7-3-4-8-15(14)16-9-5-6-10-19(16)27(22,23)24/h3-12H,1-2H3,(H2,22,23,24). The maximum atomic E-state index is 12.0. The van der Waals surface area contributed by atoms with E-state index in [4.69, 9.17) is 26.2 Å². The number of benzene rings is 3. The Morgan fingerprint density at radius 1 is 0.815 bits per heavy atom. The van der Waals surface area contributed by atoms with Crippen molar-refractivity contribution in [2.24, 2.45) is 5.14 Å². The van der Waals surface area contributed by atoms with Gasteiger partial charge in [0.1, 0.15) is 16.5 Å². The Morgan fingerprint density at radius 2 is 1.30 bits per heavy atom. The van der Waals surface area contributed by atoms with Gasteiger partial charge in [-0.05, 0) is 34.9 Å². The summed E-state index contributed by atoms with van der Waals surface area (Å²) in [5.41, 5.74) is 2.80. The Morgan fingerprint density at radius 3 is 1.81 bits per heavy atom. The molecule has 0 saturated heterocycles. The highest BCUT2D eigenvalue weighted by Gasteiger charge is 2.19. The van der Waals surface area contributed by atoms with Crippen molar-refractivity contribution in [3.05, 3.63) is 65.7 Å². The lowest BCUT2D eigenvalue weighted by atomic mass is 9.94. The molecule has 140 valence electrons. The van der Waals surface area contributed by atoms with Crippen LogP contribution in [0.2, 0.25) is 5.02 Å². The van der Waals surface area contributed by atoms with Gasteiger partial charge in [0.15, 0.2) is 0 Å². The van der Waals surface area contributed by atoms with Gasteiger partial charge in [0.2, 0.25) is 10.0 Å². The molecule has 0 aliphatic heterocycles. The number of hydrogen-bond acceptors (Lipinski definition) is 4. The van der Waals surface area contributed by atoms with E-state index in [1.54, 1.807) is 30.3 Å². The predicted molar refractivity (Wildman–Crippen MR) is 107 cm³/mol. The molecule has 0 atom stereocenters. The van der Waals surface area contributed by atoms with Crippen molar-refractivity contribution in [3.8, 4) is 33.8 Å². The summed E-state index contributed by atoms with van der Waals surface area (Å²) in [5.74, 6) is 0.918. The molecule has 2 N–H and O–H groups in total. The first-order chi connectivity index (χ1) is 12.9. The summed E-state index contributed by atoms with van der Waals surface area (Å²) in [6, 6.07) is 17.6. The minimum Gasteiger partial charge on any atom is -0.495 e. The molecule has 0 amide bonds. The van der Waals surface area contributed by atoms with Crippen molar-refractivity contribution in [1.29, 1.82) is 0 Å². The molecule has 0 unspecified atom stereocenters. The van der Waals surface area contributed by atoms with Gasteiger partial charge in [-0.2, -0.15) is 0 Å². The monoisotopic (exact) mass is 403 g/mol. The van der Waals surface area contributed by atoms with Gasteiger partial charge in [-0.15, -0.1) is 0 Å². The maximum absolute atomic E-state index is 12.0. The molecular formula is C20H18ClNO4S. The van der Waals surface area contributed by atoms with Crippen molar-refractivity contribution in [2.45, 2.75) is 4.90 Å². The lowest BCUT2D eigenvalue weighted by Crippen LogP contribution is -2.13. The largest absolute Gasteiger partial charge is 0.495 e. The van der Waals surface area contributed by atoms with Crippen LogP contribution in [0.4, 0.5) is 0 Å². The van der Waals surface area contributed by atoms with Gasteiger partial charge < -0.3 is 9.47 Å². The zero-order chi connectivity index (χ0) is 19.6. The first-order valence-corrected chi connectivity index (χ1v) is 9.92. The molecule has 3 aromatic carbocycles. The number of rotatable bonds is 5. The van der Waals surface area contributed by atoms with Crippen LogP contribution in [0.15, 0.2) is 65.6 Å². The predicted octanol–water partition coefficient (Wildman–Crippen LogP) is 4.34. The molecule has 0 spiro atoms. The molecule has 0 radical (unpaired) electrons. The molecule has 0 heterocycles. The Labute approximate surface area is 163 Å². The van der Waals surface area contributed by atoms with Crippen LogP contribution >= 0.6 is 11.6 Å². The smallest absolute Gasteiger partial charge is 0.238 e. The van der Waals surface area contributed by atoms with E-state index in [1.807, 2.05) is 24.3 Å². The number of halogens is 1. The summed E-state index contributed by atoms with van der Waals surface area (Å²) in [5, 5.41) is 5.78. The second-order valence-electron chi connectivity index (χ2n) is 5.78. The lowest BCUT2D eigenvalue weighted by molar-refractivity contribution is 0.395. The van der Waals surface area contributed by atoms with E-state index in [0.29, 0.717) is 27.6 Å². The number of primary sulfonamides is 1. The van der Waals surface area contributed by atoms with E-state index in [0.717, 1.165) is 11.1 Å². The lowest BCUT2D eigenvalue weighted by Gasteiger charge is -2.16. The minimum absolute atomic E-state index is 0.0605. The summed E-state index contributed by atoms with van der Waals surface area (Å²) in [4.78, 5) is 0.0605. The average molecular weight is 404 g/mol. The highest BCUT2D eigenvalue weighted by atomic mass is 35.5. The van der Waals surface area contributed by atoms with Crippen molar-refractivity contribution in [1.82, 2.24) is 0 Å². The molecule has 0 bridgehead atoms. The van der Waals surface area contributed by atoms with E-state index in [9.17, 15) is 8.42 Å². The molecule has 0 aliphatic rings. The van der Waals surface area contributed by atoms with Crippen LogP contribution in [0.5, 0.6) is 11.5 Å². The number of nitrogens with two attached hydrogens (primary N) is 1. The highest BCUT2D eigenvalue weighted by molar-refractivity contribution is 7.89. The van der Waals surface area contributed by atoms with E-state index in [-0.39, 0.29) is 4.90 Å². The first-order valence-electron chi connectivity index (χ1n) is 8.00. The normalized spacial score (nSPS) is 11.3. The Balaban J connectivity index is 2.30. The van der Waals surface area contributed by atoms with Crippen molar-refractivity contribution in [2.75, 3.05) is 14.2 Å². The van der Waals surface area contributed by atoms with Crippen LogP contribution in [0, 0.1) is 0 Å². The first kappa shape index (κ1) is 19.2. The third kappa shape index (κ3) is 3.78. The average Bonchev–Trinajstić information content (AvgIpc) is 2.67. The van der Waals surface area contributed by atoms with Crippen LogP contribution in [-0.2, 0) is 10.0 Å². The zero-order valence-electron chi connectivity index (χ0n) is 14.8. The zero-order valence-corrected chi connectivity index (χ0v) is 16.3. The minimum atomic E-state index is -3.88. The summed E-state index contributed by atoms with van der Waals surface area (Å²) < 4.78 is 34.8. The highest BCUT2D eigenvalue weighted by Crippen LogP contribution is 2.42. The molecule has 0 saturated carbocycles. The van der Waals surface area contributed by atoms with Crippen molar-refractivity contribution >= 4 is 21.6 Å². The van der Waals surface area contributed by atoms with Gasteiger partial charge in [0, 0.05) is 5.56 Å². The second kappa shape index (κ2) is 7.60. The van der Waals surface area contributed by atoms with Crippen molar-refractivity contribution in [3.63, 3.8) is 0 Å². The van der Waals surface area contributed by atoms with Gasteiger partial charge in [-0.3, -0.25) is 0 Å². The molecule has 3 rings (SSSR count). The molecule has 0 aromatic heterocycles. The summed E-state index contributed by atoms with van der Waals surface area (Å²) in [7, 11) is -0.842. The molecule has 3 aromatic rings. The molecule has 0 fully saturated rings. The van der Waals surface area contributed by atoms with Gasteiger partial charge >= 0.3 is 0 Å². The molecular weight excluding hydrogens is 386 g/mol. The maximum Gasteiger partial charge on any atom is 0.238 e. The number of hydrogen-bond donors (Lipinski definition) is 1. The fraction of sp³-hybridized carbons (Fsp3) is 0.100. The molecule has 27 heavy (non-hydrogen) atoms. The third-order valence-electron chi connectivity index (χ3n) is 4.17. The number of ether oxygens (including phenoxy) is 2. The fourth-order valence-electron chi connectivity index (χ4n) is 2.93. The van der Waals surface area contributed by atoms with Crippen LogP contribution < -0.4 is 14.6 Å². The Hall–Kier alpha value is -2.54. The van der Waals surface area contributed by atoms with Gasteiger partial charge in [-0.1, -0.05) is 54.1 Å². The van der Waals surface area contributed by atoms with Crippen LogP contribution in [-0.4, -0.2) is 22.6 Å². The Kier molecular flexibility index (Phi) is 5.41. The number of methoxy groups -OCH3 is 2. The third-order valence-corrected chi connectivity index (χ3v) is 5.51. The van der Waals surface area contributed by atoms with Crippen LogP contribution in [0.1, 0.15) is 0 Å². The van der Waals surface area contributed by atoms with Crippen LogP contribution in [0.3, 0.4) is 0 Å². The molecule has 5 nitrogen and oxygen atoms in total. The topological polar surface area (TPSA) is 78.6 Å². The molecule has 0 aliphatic carbocycles. The number of sulfonamides is 1. The van der Waals surface area contributed by atoms with Gasteiger partial charge in [-0.25, -0.2) is 13.6 Å². The summed E-state index contributed by atoms with van der Waals surface area (Å²) in [6.07, 6.45) is 0. The van der Waals surface area contributed by atoms with E-state index in [2.05, 4.69) is 0 Å². The van der Waals surface area contributed by atoms with E-state index in [1.165, 1.54) is 20.3 Å².